The monoisotopic (exact) mass is 263 g/mol. The average molecular weight is 263 g/mol. The number of ether oxygens (including phenoxy) is 1. The zero-order valence-corrected chi connectivity index (χ0v) is 11.0. The van der Waals surface area contributed by atoms with Crippen LogP contribution in [0, 0.1) is 0 Å². The average Bonchev–Trinajstić information content (AvgIpc) is 3.19. The molecular formula is C14H17NO4. The lowest BCUT2D eigenvalue weighted by atomic mass is 10.0. The molecule has 1 aromatic rings. The molecule has 5 nitrogen and oxygen atoms in total. The van der Waals surface area contributed by atoms with Crippen LogP contribution < -0.4 is 4.74 Å². The van der Waals surface area contributed by atoms with Crippen LogP contribution in [0.2, 0.25) is 0 Å². The summed E-state index contributed by atoms with van der Waals surface area (Å²) in [5.41, 5.74) is 0.564. The Hall–Kier alpha value is -2.04. The maximum atomic E-state index is 11.7. The van der Waals surface area contributed by atoms with Crippen molar-refractivity contribution in [2.75, 3.05) is 7.11 Å². The smallest absolute Gasteiger partial charge is 0.331 e. The summed E-state index contributed by atoms with van der Waals surface area (Å²) in [6.45, 7) is 1.41. The number of carbonyl (C=O) groups is 2. The fourth-order valence-corrected chi connectivity index (χ4v) is 2.24. The van der Waals surface area contributed by atoms with E-state index in [0.717, 1.165) is 12.8 Å². The number of rotatable bonds is 5. The van der Waals surface area contributed by atoms with Crippen LogP contribution >= 0.6 is 0 Å². The third kappa shape index (κ3) is 2.86. The van der Waals surface area contributed by atoms with Gasteiger partial charge in [-0.25, -0.2) is 4.79 Å². The molecule has 19 heavy (non-hydrogen) atoms. The first-order valence-corrected chi connectivity index (χ1v) is 6.20. The minimum absolute atomic E-state index is 0.0461. The van der Waals surface area contributed by atoms with Gasteiger partial charge in [-0.05, 0) is 30.5 Å². The summed E-state index contributed by atoms with van der Waals surface area (Å²) in [4.78, 5) is 24.7. The first-order valence-electron chi connectivity index (χ1n) is 6.20. The molecule has 2 rings (SSSR count). The lowest BCUT2D eigenvalue weighted by molar-refractivity contribution is -0.150. The predicted octanol–water partition coefficient (Wildman–Crippen LogP) is 1.83. The molecule has 5 heteroatoms. The molecule has 0 radical (unpaired) electrons. The van der Waals surface area contributed by atoms with Gasteiger partial charge in [-0.15, -0.1) is 0 Å². The Kier molecular flexibility index (Phi) is 3.74. The molecule has 0 aliphatic heterocycles. The lowest BCUT2D eigenvalue weighted by Gasteiger charge is -2.28. The van der Waals surface area contributed by atoms with E-state index in [1.54, 1.807) is 24.3 Å². The van der Waals surface area contributed by atoms with Crippen molar-refractivity contribution in [1.29, 1.82) is 0 Å². The molecular weight excluding hydrogens is 246 g/mol. The fourth-order valence-electron chi connectivity index (χ4n) is 2.24. The van der Waals surface area contributed by atoms with Crippen molar-refractivity contribution in [2.24, 2.45) is 0 Å². The van der Waals surface area contributed by atoms with E-state index in [1.165, 1.54) is 18.9 Å². The number of amides is 1. The highest BCUT2D eigenvalue weighted by atomic mass is 16.5. The van der Waals surface area contributed by atoms with Crippen molar-refractivity contribution in [1.82, 2.24) is 4.90 Å². The molecule has 1 aliphatic rings. The minimum atomic E-state index is -1.02. The van der Waals surface area contributed by atoms with Gasteiger partial charge in [0.15, 0.2) is 6.04 Å². The van der Waals surface area contributed by atoms with Crippen LogP contribution in [-0.4, -0.2) is 35.0 Å². The lowest BCUT2D eigenvalue weighted by Crippen LogP contribution is -2.39. The van der Waals surface area contributed by atoms with Gasteiger partial charge in [0.1, 0.15) is 5.75 Å². The Balaban J connectivity index is 2.38. The molecule has 1 N–H and O–H groups in total. The summed E-state index contributed by atoms with van der Waals surface area (Å²) in [6.07, 6.45) is 1.74. The molecule has 0 heterocycles. The molecule has 1 saturated carbocycles. The number of hydrogen-bond acceptors (Lipinski definition) is 3. The van der Waals surface area contributed by atoms with E-state index in [-0.39, 0.29) is 11.9 Å². The summed E-state index contributed by atoms with van der Waals surface area (Å²) < 4.78 is 5.10. The van der Waals surface area contributed by atoms with Crippen LogP contribution in [0.4, 0.5) is 0 Å². The number of carbonyl (C=O) groups excluding carboxylic acids is 1. The number of carboxylic acid groups (broad SMARTS) is 1. The number of benzene rings is 1. The van der Waals surface area contributed by atoms with Crippen LogP contribution in [0.25, 0.3) is 0 Å². The Morgan fingerprint density at radius 3 is 2.58 bits per heavy atom. The third-order valence-corrected chi connectivity index (χ3v) is 3.23. The topological polar surface area (TPSA) is 66.8 Å². The molecule has 102 valence electrons. The van der Waals surface area contributed by atoms with Gasteiger partial charge in [0.25, 0.3) is 0 Å². The SMILES string of the molecule is COc1cccc(C(C(=O)O)N(C(C)=O)C2CC2)c1. The third-order valence-electron chi connectivity index (χ3n) is 3.23. The summed E-state index contributed by atoms with van der Waals surface area (Å²) in [5, 5.41) is 9.45. The molecule has 1 unspecified atom stereocenters. The quantitative estimate of drug-likeness (QED) is 0.880. The highest BCUT2D eigenvalue weighted by Crippen LogP contribution is 2.35. The number of carboxylic acids is 1. The molecule has 0 aromatic heterocycles. The van der Waals surface area contributed by atoms with Crippen LogP contribution in [0.5, 0.6) is 5.75 Å². The van der Waals surface area contributed by atoms with Gasteiger partial charge >= 0.3 is 5.97 Å². The van der Waals surface area contributed by atoms with Gasteiger partial charge in [-0.1, -0.05) is 12.1 Å². The van der Waals surface area contributed by atoms with Crippen molar-refractivity contribution in [2.45, 2.75) is 31.8 Å². The highest BCUT2D eigenvalue weighted by molar-refractivity contribution is 5.84. The summed E-state index contributed by atoms with van der Waals surface area (Å²) in [5.74, 6) is -0.642. The first kappa shape index (κ1) is 13.4. The number of methoxy groups -OCH3 is 1. The molecule has 1 aliphatic carbocycles. The van der Waals surface area contributed by atoms with Crippen molar-refractivity contribution >= 4 is 11.9 Å². The Morgan fingerprint density at radius 2 is 2.11 bits per heavy atom. The van der Waals surface area contributed by atoms with E-state index in [1.807, 2.05) is 0 Å². The highest BCUT2D eigenvalue weighted by Gasteiger charge is 2.40. The maximum absolute atomic E-state index is 11.7. The summed E-state index contributed by atoms with van der Waals surface area (Å²) >= 11 is 0. The normalized spacial score (nSPS) is 15.7. The van der Waals surface area contributed by atoms with Gasteiger partial charge in [0.05, 0.1) is 7.11 Å². The first-order chi connectivity index (χ1) is 9.04. The molecule has 1 fully saturated rings. The maximum Gasteiger partial charge on any atom is 0.331 e. The van der Waals surface area contributed by atoms with E-state index in [0.29, 0.717) is 11.3 Å². The van der Waals surface area contributed by atoms with Crippen LogP contribution in [0.15, 0.2) is 24.3 Å². The Labute approximate surface area is 111 Å². The van der Waals surface area contributed by atoms with Gasteiger partial charge in [0.2, 0.25) is 5.91 Å². The summed E-state index contributed by atoms with van der Waals surface area (Å²) in [7, 11) is 1.53. The largest absolute Gasteiger partial charge is 0.497 e. The van der Waals surface area contributed by atoms with Crippen molar-refractivity contribution in [3.05, 3.63) is 29.8 Å². The van der Waals surface area contributed by atoms with Gasteiger partial charge in [-0.3, -0.25) is 4.79 Å². The fraction of sp³-hybridized carbons (Fsp3) is 0.429. The van der Waals surface area contributed by atoms with Gasteiger partial charge < -0.3 is 14.7 Å². The second-order valence-electron chi connectivity index (χ2n) is 4.67. The number of nitrogens with zero attached hydrogens (tertiary/aromatic N) is 1. The Bertz CT molecular complexity index is 496. The van der Waals surface area contributed by atoms with Crippen LogP contribution in [0.1, 0.15) is 31.4 Å². The number of aliphatic carboxylic acids is 1. The van der Waals surface area contributed by atoms with E-state index in [2.05, 4.69) is 0 Å². The second-order valence-corrected chi connectivity index (χ2v) is 4.67. The predicted molar refractivity (Wildman–Crippen MR) is 68.9 cm³/mol. The molecule has 1 atom stereocenters. The van der Waals surface area contributed by atoms with E-state index < -0.39 is 12.0 Å². The molecule has 0 spiro atoms. The zero-order chi connectivity index (χ0) is 14.0. The second kappa shape index (κ2) is 5.30. The molecule has 0 bridgehead atoms. The molecule has 1 amide bonds. The van der Waals surface area contributed by atoms with Gasteiger partial charge in [-0.2, -0.15) is 0 Å². The molecule has 1 aromatic carbocycles. The van der Waals surface area contributed by atoms with E-state index in [9.17, 15) is 14.7 Å². The van der Waals surface area contributed by atoms with Crippen LogP contribution in [0.3, 0.4) is 0 Å². The van der Waals surface area contributed by atoms with E-state index in [4.69, 9.17) is 4.74 Å². The number of hydrogen-bond donors (Lipinski definition) is 1. The Morgan fingerprint density at radius 1 is 1.42 bits per heavy atom. The van der Waals surface area contributed by atoms with Crippen molar-refractivity contribution in [3.8, 4) is 5.75 Å². The van der Waals surface area contributed by atoms with Crippen LogP contribution in [-0.2, 0) is 9.59 Å². The summed E-state index contributed by atoms with van der Waals surface area (Å²) in [6, 6.07) is 5.95. The molecule has 0 saturated heterocycles. The van der Waals surface area contributed by atoms with Crippen molar-refractivity contribution in [3.63, 3.8) is 0 Å². The van der Waals surface area contributed by atoms with E-state index >= 15 is 0 Å². The standard InChI is InChI=1S/C14H17NO4/c1-9(16)15(11-6-7-11)13(14(17)18)10-4-3-5-12(8-10)19-2/h3-5,8,11,13H,6-7H2,1-2H3,(H,17,18). The zero-order valence-electron chi connectivity index (χ0n) is 11.0. The van der Waals surface area contributed by atoms with Gasteiger partial charge in [0, 0.05) is 13.0 Å². The minimum Gasteiger partial charge on any atom is -0.497 e. The van der Waals surface area contributed by atoms with Crippen molar-refractivity contribution < 1.29 is 19.4 Å².